The van der Waals surface area contributed by atoms with Crippen LogP contribution in [-0.4, -0.2) is 21.7 Å². The average Bonchev–Trinajstić information content (AvgIpc) is 2.86. The molecule has 2 aromatic carbocycles. The Kier molecular flexibility index (Phi) is 4.32. The molecule has 4 heteroatoms. The second-order valence-electron chi connectivity index (χ2n) is 5.64. The number of fused-ring (bicyclic) bond motifs is 1. The standard InChI is InChI=1S/C18H20BNO2/c1-2-11-20-17(13-15-5-3-4-6-18(15)20)12-14-7-9-16(10-8-14)19(21)22/h3-10,13,21-22H,2,11-12H2,1H3. The maximum Gasteiger partial charge on any atom is 0.488 e. The van der Waals surface area contributed by atoms with Gasteiger partial charge < -0.3 is 14.6 Å². The van der Waals surface area contributed by atoms with Gasteiger partial charge in [-0.3, -0.25) is 0 Å². The van der Waals surface area contributed by atoms with E-state index in [1.807, 2.05) is 12.1 Å². The lowest BCUT2D eigenvalue weighted by Crippen LogP contribution is -2.29. The highest BCUT2D eigenvalue weighted by Crippen LogP contribution is 2.22. The van der Waals surface area contributed by atoms with E-state index in [1.54, 1.807) is 12.1 Å². The van der Waals surface area contributed by atoms with Crippen LogP contribution in [0.25, 0.3) is 10.9 Å². The number of para-hydroxylation sites is 1. The van der Waals surface area contributed by atoms with E-state index in [9.17, 15) is 0 Å². The molecule has 3 rings (SSSR count). The molecular weight excluding hydrogens is 273 g/mol. The van der Waals surface area contributed by atoms with Crippen LogP contribution in [0.1, 0.15) is 24.6 Å². The van der Waals surface area contributed by atoms with E-state index in [1.165, 1.54) is 22.2 Å². The number of aromatic nitrogens is 1. The molecule has 0 aliphatic carbocycles. The minimum absolute atomic E-state index is 0.526. The van der Waals surface area contributed by atoms with Gasteiger partial charge in [0, 0.05) is 24.2 Å². The van der Waals surface area contributed by atoms with Crippen LogP contribution in [0.4, 0.5) is 0 Å². The summed E-state index contributed by atoms with van der Waals surface area (Å²) in [7, 11) is -1.40. The lowest BCUT2D eigenvalue weighted by atomic mass is 9.80. The molecular formula is C18H20BNO2. The predicted molar refractivity (Wildman–Crippen MR) is 91.3 cm³/mol. The Labute approximate surface area is 131 Å². The van der Waals surface area contributed by atoms with Crippen molar-refractivity contribution in [2.75, 3.05) is 0 Å². The Morgan fingerprint density at radius 2 is 1.73 bits per heavy atom. The van der Waals surface area contributed by atoms with E-state index >= 15 is 0 Å². The molecule has 1 heterocycles. The van der Waals surface area contributed by atoms with Gasteiger partial charge in [-0.15, -0.1) is 0 Å². The monoisotopic (exact) mass is 293 g/mol. The zero-order chi connectivity index (χ0) is 15.5. The number of hydrogen-bond acceptors (Lipinski definition) is 2. The smallest absolute Gasteiger partial charge is 0.423 e. The average molecular weight is 293 g/mol. The third-order valence-corrected chi connectivity index (χ3v) is 4.01. The Bertz CT molecular complexity index is 762. The van der Waals surface area contributed by atoms with Crippen LogP contribution in [-0.2, 0) is 13.0 Å². The minimum Gasteiger partial charge on any atom is -0.423 e. The quantitative estimate of drug-likeness (QED) is 0.709. The molecule has 0 unspecified atom stereocenters. The maximum absolute atomic E-state index is 9.17. The zero-order valence-corrected chi connectivity index (χ0v) is 12.7. The molecule has 0 saturated heterocycles. The van der Waals surface area contributed by atoms with Gasteiger partial charge in [0.2, 0.25) is 0 Å². The molecule has 0 bridgehead atoms. The van der Waals surface area contributed by atoms with Crippen molar-refractivity contribution in [2.24, 2.45) is 0 Å². The highest BCUT2D eigenvalue weighted by Gasteiger charge is 2.11. The minimum atomic E-state index is -1.40. The third kappa shape index (κ3) is 2.94. The Morgan fingerprint density at radius 3 is 2.41 bits per heavy atom. The van der Waals surface area contributed by atoms with E-state index in [2.05, 4.69) is 41.8 Å². The lowest BCUT2D eigenvalue weighted by Gasteiger charge is -2.10. The van der Waals surface area contributed by atoms with Crippen molar-refractivity contribution in [3.8, 4) is 0 Å². The van der Waals surface area contributed by atoms with Crippen LogP contribution >= 0.6 is 0 Å². The summed E-state index contributed by atoms with van der Waals surface area (Å²) in [6.07, 6.45) is 1.94. The lowest BCUT2D eigenvalue weighted by molar-refractivity contribution is 0.426. The fourth-order valence-electron chi connectivity index (χ4n) is 2.92. The number of aryl methyl sites for hydroxylation is 1. The summed E-state index contributed by atoms with van der Waals surface area (Å²) >= 11 is 0. The maximum atomic E-state index is 9.17. The van der Waals surface area contributed by atoms with Gasteiger partial charge in [-0.25, -0.2) is 0 Å². The number of rotatable bonds is 5. The van der Waals surface area contributed by atoms with Crippen molar-refractivity contribution in [3.63, 3.8) is 0 Å². The molecule has 0 aliphatic heterocycles. The Balaban J connectivity index is 1.94. The first-order chi connectivity index (χ1) is 10.7. The fraction of sp³-hybridized carbons (Fsp3) is 0.222. The summed E-state index contributed by atoms with van der Waals surface area (Å²) in [6.45, 7) is 3.20. The topological polar surface area (TPSA) is 45.4 Å². The van der Waals surface area contributed by atoms with Gasteiger partial charge in [0.05, 0.1) is 0 Å². The van der Waals surface area contributed by atoms with Gasteiger partial charge in [0.25, 0.3) is 0 Å². The molecule has 0 radical (unpaired) electrons. The molecule has 22 heavy (non-hydrogen) atoms. The van der Waals surface area contributed by atoms with Gasteiger partial charge in [0.1, 0.15) is 0 Å². The van der Waals surface area contributed by atoms with E-state index < -0.39 is 7.12 Å². The fourth-order valence-corrected chi connectivity index (χ4v) is 2.92. The number of benzene rings is 2. The molecule has 1 aromatic heterocycles. The largest absolute Gasteiger partial charge is 0.488 e. The molecule has 0 atom stereocenters. The summed E-state index contributed by atoms with van der Waals surface area (Å²) in [5, 5.41) is 19.6. The van der Waals surface area contributed by atoms with Crippen LogP contribution in [0.15, 0.2) is 54.6 Å². The van der Waals surface area contributed by atoms with Crippen LogP contribution in [0.5, 0.6) is 0 Å². The zero-order valence-electron chi connectivity index (χ0n) is 12.7. The molecule has 0 spiro atoms. The highest BCUT2D eigenvalue weighted by molar-refractivity contribution is 6.58. The highest BCUT2D eigenvalue weighted by atomic mass is 16.4. The second kappa shape index (κ2) is 6.38. The molecule has 0 aliphatic rings. The third-order valence-electron chi connectivity index (χ3n) is 4.01. The van der Waals surface area contributed by atoms with Gasteiger partial charge >= 0.3 is 7.12 Å². The van der Waals surface area contributed by atoms with Gasteiger partial charge in [-0.05, 0) is 35.0 Å². The van der Waals surface area contributed by atoms with E-state index in [0.29, 0.717) is 5.46 Å². The van der Waals surface area contributed by atoms with Crippen LogP contribution < -0.4 is 5.46 Å². The van der Waals surface area contributed by atoms with E-state index in [0.717, 1.165) is 19.4 Å². The predicted octanol–water partition coefficient (Wildman–Crippen LogP) is 2.32. The summed E-state index contributed by atoms with van der Waals surface area (Å²) in [5.74, 6) is 0. The molecule has 112 valence electrons. The Morgan fingerprint density at radius 1 is 1.00 bits per heavy atom. The first kappa shape index (κ1) is 14.9. The molecule has 0 amide bonds. The van der Waals surface area contributed by atoms with Crippen LogP contribution in [0.2, 0.25) is 0 Å². The Hall–Kier alpha value is -2.04. The molecule has 0 saturated carbocycles. The summed E-state index contributed by atoms with van der Waals surface area (Å²) in [6, 6.07) is 18.2. The van der Waals surface area contributed by atoms with Gasteiger partial charge in [-0.1, -0.05) is 49.4 Å². The van der Waals surface area contributed by atoms with Crippen molar-refractivity contribution in [3.05, 3.63) is 65.9 Å². The van der Waals surface area contributed by atoms with Crippen molar-refractivity contribution < 1.29 is 10.0 Å². The van der Waals surface area contributed by atoms with Crippen LogP contribution in [0, 0.1) is 0 Å². The summed E-state index contributed by atoms with van der Waals surface area (Å²) in [4.78, 5) is 0. The molecule has 3 nitrogen and oxygen atoms in total. The van der Waals surface area contributed by atoms with Crippen molar-refractivity contribution >= 4 is 23.5 Å². The SMILES string of the molecule is CCCn1c(Cc2ccc(B(O)O)cc2)cc2ccccc21. The normalized spacial score (nSPS) is 11.0. The molecule has 3 aromatic rings. The van der Waals surface area contributed by atoms with E-state index in [4.69, 9.17) is 10.0 Å². The van der Waals surface area contributed by atoms with Gasteiger partial charge in [0.15, 0.2) is 0 Å². The van der Waals surface area contributed by atoms with Gasteiger partial charge in [-0.2, -0.15) is 0 Å². The first-order valence-corrected chi connectivity index (χ1v) is 7.71. The summed E-state index contributed by atoms with van der Waals surface area (Å²) < 4.78 is 2.38. The molecule has 0 fully saturated rings. The first-order valence-electron chi connectivity index (χ1n) is 7.71. The van der Waals surface area contributed by atoms with Crippen molar-refractivity contribution in [1.29, 1.82) is 0 Å². The second-order valence-corrected chi connectivity index (χ2v) is 5.64. The number of nitrogens with zero attached hydrogens (tertiary/aromatic N) is 1. The van der Waals surface area contributed by atoms with Crippen molar-refractivity contribution in [2.45, 2.75) is 26.3 Å². The number of hydrogen-bond donors (Lipinski definition) is 2. The van der Waals surface area contributed by atoms with Crippen LogP contribution in [0.3, 0.4) is 0 Å². The van der Waals surface area contributed by atoms with Crippen molar-refractivity contribution in [1.82, 2.24) is 4.57 Å². The summed E-state index contributed by atoms with van der Waals surface area (Å²) in [5.41, 5.74) is 4.27. The molecule has 2 N–H and O–H groups in total. The van der Waals surface area contributed by atoms with E-state index in [-0.39, 0.29) is 0 Å².